The van der Waals surface area contributed by atoms with Gasteiger partial charge in [-0.25, -0.2) is 4.39 Å². The van der Waals surface area contributed by atoms with Gasteiger partial charge in [0.05, 0.1) is 6.54 Å². The fraction of sp³-hybridized carbons (Fsp3) is 0.588. The van der Waals surface area contributed by atoms with Crippen LogP contribution in [0.15, 0.2) is 29.3 Å². The second kappa shape index (κ2) is 8.70. The number of nitrogens with one attached hydrogen (secondary N) is 1. The number of likely N-dealkylation sites (tertiary alicyclic amines) is 1. The zero-order valence-corrected chi connectivity index (χ0v) is 16.1. The Hall–Kier alpha value is -0.850. The second-order valence-corrected chi connectivity index (χ2v) is 6.26. The first kappa shape index (κ1) is 19.2. The lowest BCUT2D eigenvalue weighted by Crippen LogP contribution is -2.40. The lowest BCUT2D eigenvalue weighted by atomic mass is 9.85. The Morgan fingerprint density at radius 1 is 1.32 bits per heavy atom. The maximum atomic E-state index is 13.4. The van der Waals surface area contributed by atoms with Gasteiger partial charge in [-0.2, -0.15) is 0 Å². The van der Waals surface area contributed by atoms with Crippen LogP contribution in [0.3, 0.4) is 0 Å². The normalized spacial score (nSPS) is 15.6. The minimum Gasteiger partial charge on any atom is -0.357 e. The van der Waals surface area contributed by atoms with Crippen LogP contribution in [0.1, 0.15) is 39.2 Å². The van der Waals surface area contributed by atoms with Crippen molar-refractivity contribution in [1.82, 2.24) is 10.2 Å². The van der Waals surface area contributed by atoms with Gasteiger partial charge in [0.15, 0.2) is 5.96 Å². The number of guanidine groups is 1. The van der Waals surface area contributed by atoms with Gasteiger partial charge >= 0.3 is 0 Å². The molecular weight excluding hydrogens is 392 g/mol. The van der Waals surface area contributed by atoms with Gasteiger partial charge in [-0.05, 0) is 37.5 Å². The smallest absolute Gasteiger partial charge is 0.193 e. The van der Waals surface area contributed by atoms with Crippen molar-refractivity contribution in [3.63, 3.8) is 0 Å². The standard InChI is InChI=1S/C17H26FN3.HI/c1-4-19-16(21-10-5-6-11-21)20-13-17(2,3)14-8-7-9-15(18)12-14;/h7-9,12H,4-6,10-11,13H2,1-3H3,(H,19,20);1H. The van der Waals surface area contributed by atoms with Crippen LogP contribution in [-0.2, 0) is 5.41 Å². The summed E-state index contributed by atoms with van der Waals surface area (Å²) in [5, 5.41) is 3.36. The first-order valence-electron chi connectivity index (χ1n) is 7.82. The van der Waals surface area contributed by atoms with Crippen LogP contribution in [0.25, 0.3) is 0 Å². The molecule has 1 N–H and O–H groups in total. The molecule has 3 nitrogen and oxygen atoms in total. The Morgan fingerprint density at radius 2 is 2.00 bits per heavy atom. The minimum atomic E-state index is -0.184. The Morgan fingerprint density at radius 3 is 2.59 bits per heavy atom. The first-order chi connectivity index (χ1) is 10.0. The topological polar surface area (TPSA) is 27.6 Å². The van der Waals surface area contributed by atoms with Crippen molar-refractivity contribution in [1.29, 1.82) is 0 Å². The number of rotatable bonds is 4. The highest BCUT2D eigenvalue weighted by Crippen LogP contribution is 2.24. The molecule has 5 heteroatoms. The molecule has 2 rings (SSSR count). The van der Waals surface area contributed by atoms with Crippen LogP contribution < -0.4 is 5.32 Å². The molecule has 0 atom stereocenters. The molecule has 1 aromatic rings. The maximum Gasteiger partial charge on any atom is 0.193 e. The van der Waals surface area contributed by atoms with E-state index in [0.29, 0.717) is 6.54 Å². The van der Waals surface area contributed by atoms with Gasteiger partial charge in [0.1, 0.15) is 5.82 Å². The van der Waals surface area contributed by atoms with Gasteiger partial charge in [-0.3, -0.25) is 4.99 Å². The molecule has 1 heterocycles. The second-order valence-electron chi connectivity index (χ2n) is 6.26. The fourth-order valence-electron chi connectivity index (χ4n) is 2.63. The third-order valence-electron chi connectivity index (χ3n) is 3.97. The Balaban J connectivity index is 0.00000242. The largest absolute Gasteiger partial charge is 0.357 e. The van der Waals surface area contributed by atoms with Crippen LogP contribution >= 0.6 is 24.0 Å². The zero-order valence-electron chi connectivity index (χ0n) is 13.7. The van der Waals surface area contributed by atoms with Gasteiger partial charge in [0.2, 0.25) is 0 Å². The molecule has 0 aliphatic carbocycles. The lowest BCUT2D eigenvalue weighted by Gasteiger charge is -2.26. The Labute approximate surface area is 150 Å². The van der Waals surface area contributed by atoms with E-state index >= 15 is 0 Å². The summed E-state index contributed by atoms with van der Waals surface area (Å²) in [5.74, 6) is 0.801. The molecule has 0 bridgehead atoms. The highest BCUT2D eigenvalue weighted by Gasteiger charge is 2.22. The molecular formula is C17H27FIN3. The van der Waals surface area contributed by atoms with E-state index in [1.54, 1.807) is 12.1 Å². The predicted octanol–water partition coefficient (Wildman–Crippen LogP) is 3.78. The third-order valence-corrected chi connectivity index (χ3v) is 3.97. The average molecular weight is 419 g/mol. The molecule has 1 aliphatic rings. The number of hydrogen-bond acceptors (Lipinski definition) is 1. The summed E-state index contributed by atoms with van der Waals surface area (Å²) in [5.41, 5.74) is 0.811. The summed E-state index contributed by atoms with van der Waals surface area (Å²) >= 11 is 0. The van der Waals surface area contributed by atoms with E-state index in [1.165, 1.54) is 18.9 Å². The van der Waals surface area contributed by atoms with Crippen LogP contribution in [-0.4, -0.2) is 37.0 Å². The first-order valence-corrected chi connectivity index (χ1v) is 7.82. The van der Waals surface area contributed by atoms with Crippen LogP contribution in [0.5, 0.6) is 0 Å². The third kappa shape index (κ3) is 5.11. The summed E-state index contributed by atoms with van der Waals surface area (Å²) in [6.07, 6.45) is 2.47. The molecule has 22 heavy (non-hydrogen) atoms. The van der Waals surface area contributed by atoms with Crippen molar-refractivity contribution < 1.29 is 4.39 Å². The van der Waals surface area contributed by atoms with Crippen molar-refractivity contribution in [3.05, 3.63) is 35.6 Å². The summed E-state index contributed by atoms with van der Waals surface area (Å²) < 4.78 is 13.4. The molecule has 0 spiro atoms. The van der Waals surface area contributed by atoms with E-state index in [-0.39, 0.29) is 35.2 Å². The van der Waals surface area contributed by atoms with Gasteiger partial charge in [-0.15, -0.1) is 24.0 Å². The SMILES string of the molecule is CCNC(=NCC(C)(C)c1cccc(F)c1)N1CCCC1.I. The molecule has 0 radical (unpaired) electrons. The number of hydrogen-bond donors (Lipinski definition) is 1. The molecule has 0 unspecified atom stereocenters. The van der Waals surface area contributed by atoms with Crippen LogP contribution in [0.2, 0.25) is 0 Å². The summed E-state index contributed by atoms with van der Waals surface area (Å²) in [4.78, 5) is 7.09. The van der Waals surface area contributed by atoms with E-state index in [1.807, 2.05) is 6.07 Å². The van der Waals surface area contributed by atoms with Gasteiger partial charge in [-0.1, -0.05) is 26.0 Å². The molecule has 1 aliphatic heterocycles. The number of nitrogens with zero attached hydrogens (tertiary/aromatic N) is 2. The lowest BCUT2D eigenvalue weighted by molar-refractivity contribution is 0.479. The van der Waals surface area contributed by atoms with Crippen molar-refractivity contribution in [3.8, 4) is 0 Å². The minimum absolute atomic E-state index is 0. The van der Waals surface area contributed by atoms with Gasteiger partial charge in [0.25, 0.3) is 0 Å². The van der Waals surface area contributed by atoms with Crippen molar-refractivity contribution in [2.24, 2.45) is 4.99 Å². The van der Waals surface area contributed by atoms with E-state index in [9.17, 15) is 4.39 Å². The number of benzene rings is 1. The average Bonchev–Trinajstić information content (AvgIpc) is 2.97. The Bertz CT molecular complexity index is 496. The summed E-state index contributed by atoms with van der Waals surface area (Å²) in [7, 11) is 0. The zero-order chi connectivity index (χ0) is 15.3. The van der Waals surface area contributed by atoms with E-state index in [4.69, 9.17) is 4.99 Å². The highest BCUT2D eigenvalue weighted by atomic mass is 127. The summed E-state index contributed by atoms with van der Waals surface area (Å²) in [6, 6.07) is 6.83. The number of aliphatic imine (C=N–C) groups is 1. The molecule has 1 fully saturated rings. The predicted molar refractivity (Wildman–Crippen MR) is 102 cm³/mol. The monoisotopic (exact) mass is 419 g/mol. The molecule has 1 aromatic carbocycles. The van der Waals surface area contributed by atoms with Crippen LogP contribution in [0, 0.1) is 5.82 Å². The van der Waals surface area contributed by atoms with Gasteiger partial charge < -0.3 is 10.2 Å². The van der Waals surface area contributed by atoms with Gasteiger partial charge in [0, 0.05) is 25.0 Å². The fourth-order valence-corrected chi connectivity index (χ4v) is 2.63. The molecule has 0 amide bonds. The van der Waals surface area contributed by atoms with E-state index < -0.39 is 0 Å². The molecule has 1 saturated heterocycles. The van der Waals surface area contributed by atoms with E-state index in [2.05, 4.69) is 31.0 Å². The van der Waals surface area contributed by atoms with Crippen molar-refractivity contribution >= 4 is 29.9 Å². The van der Waals surface area contributed by atoms with Crippen LogP contribution in [0.4, 0.5) is 4.39 Å². The van der Waals surface area contributed by atoms with Crippen molar-refractivity contribution in [2.45, 2.75) is 39.0 Å². The quantitative estimate of drug-likeness (QED) is 0.457. The Kier molecular flexibility index (Phi) is 7.59. The van der Waals surface area contributed by atoms with Crippen molar-refractivity contribution in [2.75, 3.05) is 26.2 Å². The molecule has 124 valence electrons. The maximum absolute atomic E-state index is 13.4. The molecule has 0 saturated carbocycles. The number of halogens is 2. The van der Waals surface area contributed by atoms with E-state index in [0.717, 1.165) is 31.2 Å². The summed E-state index contributed by atoms with van der Waals surface area (Å²) in [6.45, 7) is 9.98. The molecule has 0 aromatic heterocycles. The highest BCUT2D eigenvalue weighted by molar-refractivity contribution is 14.0.